The highest BCUT2D eigenvalue weighted by atomic mass is 35.5. The van der Waals surface area contributed by atoms with Gasteiger partial charge >= 0.3 is 0 Å². The number of hydrogen-bond donors (Lipinski definition) is 2. The Morgan fingerprint density at radius 2 is 1.83 bits per heavy atom. The van der Waals surface area contributed by atoms with E-state index in [-0.39, 0.29) is 5.82 Å². The molecule has 2 N–H and O–H groups in total. The van der Waals surface area contributed by atoms with Gasteiger partial charge < -0.3 is 10.6 Å². The molecule has 0 aliphatic carbocycles. The predicted molar refractivity (Wildman–Crippen MR) is 95.5 cm³/mol. The van der Waals surface area contributed by atoms with Gasteiger partial charge in [-0.15, -0.1) is 0 Å². The third kappa shape index (κ3) is 4.13. The summed E-state index contributed by atoms with van der Waals surface area (Å²) in [6, 6.07) is 13.5. The van der Waals surface area contributed by atoms with Gasteiger partial charge in [0.15, 0.2) is 0 Å². The Balaban J connectivity index is 1.69. The molecule has 0 radical (unpaired) electrons. The van der Waals surface area contributed by atoms with E-state index in [0.29, 0.717) is 33.9 Å². The summed E-state index contributed by atoms with van der Waals surface area (Å²) >= 11 is 11.9. The summed E-state index contributed by atoms with van der Waals surface area (Å²) in [5.74, 6) is 0.706. The minimum Gasteiger partial charge on any atom is -0.350 e. The van der Waals surface area contributed by atoms with E-state index in [4.69, 9.17) is 23.2 Å². The van der Waals surface area contributed by atoms with Crippen LogP contribution in [0.4, 0.5) is 21.8 Å². The molecule has 2 aromatic carbocycles. The number of nitrogens with zero attached hydrogens (tertiary/aromatic N) is 2. The van der Waals surface area contributed by atoms with Crippen molar-refractivity contribution in [3.63, 3.8) is 0 Å². The number of benzene rings is 2. The number of rotatable bonds is 5. The van der Waals surface area contributed by atoms with Crippen molar-refractivity contribution in [1.82, 2.24) is 9.97 Å². The smallest absolute Gasteiger partial charge is 0.224 e. The van der Waals surface area contributed by atoms with Crippen LogP contribution in [0.1, 0.15) is 5.56 Å². The summed E-state index contributed by atoms with van der Waals surface area (Å²) in [6.07, 6.45) is 1.61. The molecule has 0 atom stereocenters. The maximum Gasteiger partial charge on any atom is 0.224 e. The molecular weight excluding hydrogens is 350 g/mol. The third-order valence-electron chi connectivity index (χ3n) is 3.24. The molecule has 1 aromatic heterocycles. The Bertz CT molecular complexity index is 857. The maximum atomic E-state index is 13.6. The quantitative estimate of drug-likeness (QED) is 0.648. The lowest BCUT2D eigenvalue weighted by Crippen LogP contribution is -2.06. The molecule has 3 aromatic rings. The van der Waals surface area contributed by atoms with Gasteiger partial charge in [-0.05, 0) is 30.3 Å². The Morgan fingerprint density at radius 3 is 2.62 bits per heavy atom. The van der Waals surface area contributed by atoms with Crippen molar-refractivity contribution in [2.24, 2.45) is 0 Å². The van der Waals surface area contributed by atoms with Crippen molar-refractivity contribution in [3.05, 3.63) is 76.2 Å². The fraction of sp³-hybridized carbons (Fsp3) is 0.0588. The zero-order valence-corrected chi connectivity index (χ0v) is 13.9. The van der Waals surface area contributed by atoms with Gasteiger partial charge in [0.2, 0.25) is 5.95 Å². The van der Waals surface area contributed by atoms with Gasteiger partial charge in [0.1, 0.15) is 11.6 Å². The van der Waals surface area contributed by atoms with Crippen LogP contribution < -0.4 is 10.6 Å². The van der Waals surface area contributed by atoms with Crippen molar-refractivity contribution in [2.75, 3.05) is 10.6 Å². The van der Waals surface area contributed by atoms with E-state index in [9.17, 15) is 4.39 Å². The fourth-order valence-corrected chi connectivity index (χ4v) is 2.35. The molecule has 0 aliphatic rings. The SMILES string of the molecule is Fc1ccccc1CNc1nccc(Nc2ccc(Cl)c(Cl)c2)n1. The van der Waals surface area contributed by atoms with Crippen LogP contribution in [0.25, 0.3) is 0 Å². The Kier molecular flexibility index (Phi) is 5.13. The molecule has 0 bridgehead atoms. The summed E-state index contributed by atoms with van der Waals surface area (Å²) in [4.78, 5) is 8.46. The Hall–Kier alpha value is -2.37. The lowest BCUT2D eigenvalue weighted by atomic mass is 10.2. The second-order valence-electron chi connectivity index (χ2n) is 4.96. The van der Waals surface area contributed by atoms with Gasteiger partial charge in [-0.3, -0.25) is 0 Å². The van der Waals surface area contributed by atoms with Crippen LogP contribution in [0.3, 0.4) is 0 Å². The molecule has 24 heavy (non-hydrogen) atoms. The normalized spacial score (nSPS) is 10.5. The topological polar surface area (TPSA) is 49.8 Å². The van der Waals surface area contributed by atoms with E-state index in [1.165, 1.54) is 6.07 Å². The van der Waals surface area contributed by atoms with Crippen molar-refractivity contribution < 1.29 is 4.39 Å². The molecular formula is C17H13Cl2FN4. The molecule has 0 saturated carbocycles. The fourth-order valence-electron chi connectivity index (χ4n) is 2.05. The monoisotopic (exact) mass is 362 g/mol. The van der Waals surface area contributed by atoms with Crippen LogP contribution in [-0.2, 0) is 6.54 Å². The Morgan fingerprint density at radius 1 is 1.00 bits per heavy atom. The second-order valence-corrected chi connectivity index (χ2v) is 5.78. The largest absolute Gasteiger partial charge is 0.350 e. The average Bonchev–Trinajstić information content (AvgIpc) is 2.58. The molecule has 7 heteroatoms. The lowest BCUT2D eigenvalue weighted by molar-refractivity contribution is 0.612. The lowest BCUT2D eigenvalue weighted by Gasteiger charge is -2.09. The van der Waals surface area contributed by atoms with E-state index >= 15 is 0 Å². The summed E-state index contributed by atoms with van der Waals surface area (Å²) in [6.45, 7) is 0.295. The summed E-state index contributed by atoms with van der Waals surface area (Å²) in [5.41, 5.74) is 1.30. The van der Waals surface area contributed by atoms with Crippen molar-refractivity contribution in [3.8, 4) is 0 Å². The molecule has 4 nitrogen and oxygen atoms in total. The van der Waals surface area contributed by atoms with Gasteiger partial charge in [-0.1, -0.05) is 41.4 Å². The number of nitrogens with one attached hydrogen (secondary N) is 2. The molecule has 0 saturated heterocycles. The van der Waals surface area contributed by atoms with Crippen molar-refractivity contribution in [1.29, 1.82) is 0 Å². The average molecular weight is 363 g/mol. The van der Waals surface area contributed by atoms with E-state index in [1.807, 2.05) is 0 Å². The van der Waals surface area contributed by atoms with Gasteiger partial charge in [-0.25, -0.2) is 9.37 Å². The molecule has 0 amide bonds. The highest BCUT2D eigenvalue weighted by molar-refractivity contribution is 6.42. The van der Waals surface area contributed by atoms with Gasteiger partial charge in [0.05, 0.1) is 10.0 Å². The molecule has 0 aliphatic heterocycles. The van der Waals surface area contributed by atoms with E-state index in [1.54, 1.807) is 48.7 Å². The third-order valence-corrected chi connectivity index (χ3v) is 3.98. The minimum absolute atomic E-state index is 0.268. The van der Waals surface area contributed by atoms with Gasteiger partial charge in [0, 0.05) is 24.0 Å². The first-order valence-electron chi connectivity index (χ1n) is 7.14. The highest BCUT2D eigenvalue weighted by Crippen LogP contribution is 2.26. The molecule has 0 unspecified atom stereocenters. The molecule has 1 heterocycles. The van der Waals surface area contributed by atoms with Crippen LogP contribution in [0.15, 0.2) is 54.7 Å². The van der Waals surface area contributed by atoms with Crippen LogP contribution in [-0.4, -0.2) is 9.97 Å². The molecule has 122 valence electrons. The summed E-state index contributed by atoms with van der Waals surface area (Å²) in [5, 5.41) is 7.05. The molecule has 0 spiro atoms. The second kappa shape index (κ2) is 7.47. The van der Waals surface area contributed by atoms with Gasteiger partial charge in [-0.2, -0.15) is 4.98 Å². The number of hydrogen-bond acceptors (Lipinski definition) is 4. The maximum absolute atomic E-state index is 13.6. The van der Waals surface area contributed by atoms with Crippen LogP contribution in [0, 0.1) is 5.82 Å². The minimum atomic E-state index is -0.268. The Labute approximate surface area is 148 Å². The highest BCUT2D eigenvalue weighted by Gasteiger charge is 2.04. The van der Waals surface area contributed by atoms with E-state index < -0.39 is 0 Å². The first-order chi connectivity index (χ1) is 11.6. The number of aromatic nitrogens is 2. The van der Waals surface area contributed by atoms with Crippen molar-refractivity contribution in [2.45, 2.75) is 6.54 Å². The van der Waals surface area contributed by atoms with E-state index in [0.717, 1.165) is 5.69 Å². The first kappa shape index (κ1) is 16.5. The van der Waals surface area contributed by atoms with Crippen LogP contribution in [0.2, 0.25) is 10.0 Å². The number of halogens is 3. The summed E-state index contributed by atoms with van der Waals surface area (Å²) in [7, 11) is 0. The van der Waals surface area contributed by atoms with Crippen molar-refractivity contribution >= 4 is 40.7 Å². The zero-order valence-electron chi connectivity index (χ0n) is 12.4. The molecule has 0 fully saturated rings. The van der Waals surface area contributed by atoms with Crippen LogP contribution >= 0.6 is 23.2 Å². The predicted octanol–water partition coefficient (Wildman–Crippen LogP) is 5.28. The number of anilines is 3. The zero-order chi connectivity index (χ0) is 16.9. The van der Waals surface area contributed by atoms with Crippen LogP contribution in [0.5, 0.6) is 0 Å². The molecule has 3 rings (SSSR count). The first-order valence-corrected chi connectivity index (χ1v) is 7.90. The standard InChI is InChI=1S/C17H13Cl2FN4/c18-13-6-5-12(9-14(13)19)23-16-7-8-21-17(24-16)22-10-11-3-1-2-4-15(11)20/h1-9H,10H2,(H2,21,22,23,24). The summed E-state index contributed by atoms with van der Waals surface area (Å²) < 4.78 is 13.6. The van der Waals surface area contributed by atoms with Gasteiger partial charge in [0.25, 0.3) is 0 Å². The van der Waals surface area contributed by atoms with E-state index in [2.05, 4.69) is 20.6 Å².